The van der Waals surface area contributed by atoms with Gasteiger partial charge < -0.3 is 9.47 Å². The highest BCUT2D eigenvalue weighted by molar-refractivity contribution is 6.30. The van der Waals surface area contributed by atoms with Crippen LogP contribution in [0.1, 0.15) is 20.8 Å². The van der Waals surface area contributed by atoms with Crippen LogP contribution in [0.5, 0.6) is 5.75 Å². The van der Waals surface area contributed by atoms with Gasteiger partial charge in [-0.15, -0.1) is 0 Å². The molecule has 0 unspecified atom stereocenters. The van der Waals surface area contributed by atoms with Gasteiger partial charge >= 0.3 is 5.97 Å². The Morgan fingerprint density at radius 1 is 1.40 bits per heavy atom. The molecular formula is C15H22ClNO3. The lowest BCUT2D eigenvalue weighted by Crippen LogP contribution is -2.39. The first kappa shape index (κ1) is 16.8. The molecule has 0 bridgehead atoms. The van der Waals surface area contributed by atoms with Crippen molar-refractivity contribution in [1.82, 2.24) is 4.90 Å². The Bertz CT molecular complexity index is 423. The summed E-state index contributed by atoms with van der Waals surface area (Å²) >= 11 is 5.89. The minimum atomic E-state index is -0.205. The lowest BCUT2D eigenvalue weighted by Gasteiger charge is -2.25. The molecule has 1 aromatic carbocycles. The molecule has 0 amide bonds. The Labute approximate surface area is 125 Å². The molecule has 20 heavy (non-hydrogen) atoms. The summed E-state index contributed by atoms with van der Waals surface area (Å²) < 4.78 is 10.6. The van der Waals surface area contributed by atoms with Crippen LogP contribution in [0.3, 0.4) is 0 Å². The van der Waals surface area contributed by atoms with Gasteiger partial charge in [0.05, 0.1) is 13.2 Å². The Kier molecular flexibility index (Phi) is 7.41. The second kappa shape index (κ2) is 8.82. The van der Waals surface area contributed by atoms with Gasteiger partial charge in [-0.2, -0.15) is 0 Å². The largest absolute Gasteiger partial charge is 0.492 e. The second-order valence-corrected chi connectivity index (χ2v) is 5.11. The number of rotatable bonds is 8. The number of carbonyl (C=O) groups is 1. The molecule has 0 radical (unpaired) electrons. The molecule has 0 aliphatic heterocycles. The van der Waals surface area contributed by atoms with E-state index < -0.39 is 0 Å². The molecule has 0 fully saturated rings. The SMILES string of the molecule is CCOC(=O)CN(CCOc1cccc(Cl)c1)C(C)C. The number of hydrogen-bond acceptors (Lipinski definition) is 4. The van der Waals surface area contributed by atoms with Gasteiger partial charge in [0.2, 0.25) is 0 Å². The lowest BCUT2D eigenvalue weighted by atomic mass is 10.3. The van der Waals surface area contributed by atoms with Gasteiger partial charge in [-0.25, -0.2) is 0 Å². The number of ether oxygens (including phenoxy) is 2. The summed E-state index contributed by atoms with van der Waals surface area (Å²) in [5.41, 5.74) is 0. The van der Waals surface area contributed by atoms with Gasteiger partial charge in [-0.1, -0.05) is 17.7 Å². The van der Waals surface area contributed by atoms with Crippen molar-refractivity contribution >= 4 is 17.6 Å². The summed E-state index contributed by atoms with van der Waals surface area (Å²) in [5, 5.41) is 0.648. The highest BCUT2D eigenvalue weighted by Gasteiger charge is 2.14. The molecule has 1 rings (SSSR count). The van der Waals surface area contributed by atoms with E-state index in [4.69, 9.17) is 21.1 Å². The Balaban J connectivity index is 2.41. The standard InChI is InChI=1S/C15H22ClNO3/c1-4-19-15(18)11-17(12(2)3)8-9-20-14-7-5-6-13(16)10-14/h5-7,10,12H,4,8-9,11H2,1-3H3. The van der Waals surface area contributed by atoms with Gasteiger partial charge in [0, 0.05) is 17.6 Å². The normalized spacial score (nSPS) is 10.9. The number of carbonyl (C=O) groups excluding carboxylic acids is 1. The van der Waals surface area contributed by atoms with Gasteiger partial charge in [0.1, 0.15) is 12.4 Å². The van der Waals surface area contributed by atoms with Crippen LogP contribution < -0.4 is 4.74 Å². The number of hydrogen-bond donors (Lipinski definition) is 0. The molecular weight excluding hydrogens is 278 g/mol. The molecule has 0 atom stereocenters. The summed E-state index contributed by atoms with van der Waals surface area (Å²) in [6.07, 6.45) is 0. The first-order valence-electron chi connectivity index (χ1n) is 6.81. The monoisotopic (exact) mass is 299 g/mol. The maximum absolute atomic E-state index is 11.5. The fraction of sp³-hybridized carbons (Fsp3) is 0.533. The van der Waals surface area contributed by atoms with Crippen LogP contribution in [0, 0.1) is 0 Å². The summed E-state index contributed by atoms with van der Waals surface area (Å²) in [5.74, 6) is 0.529. The van der Waals surface area contributed by atoms with Crippen LogP contribution in [-0.2, 0) is 9.53 Å². The average molecular weight is 300 g/mol. The summed E-state index contributed by atoms with van der Waals surface area (Å²) in [6, 6.07) is 7.53. The van der Waals surface area contributed by atoms with Crippen LogP contribution in [0.25, 0.3) is 0 Å². The third kappa shape index (κ3) is 6.26. The first-order chi connectivity index (χ1) is 9.52. The van der Waals surface area contributed by atoms with Crippen molar-refractivity contribution < 1.29 is 14.3 Å². The summed E-state index contributed by atoms with van der Waals surface area (Å²) in [7, 11) is 0. The van der Waals surface area contributed by atoms with E-state index in [2.05, 4.69) is 0 Å². The van der Waals surface area contributed by atoms with Gasteiger partial charge in [0.25, 0.3) is 0 Å². The molecule has 5 heteroatoms. The smallest absolute Gasteiger partial charge is 0.320 e. The molecule has 0 aliphatic carbocycles. The lowest BCUT2D eigenvalue weighted by molar-refractivity contribution is -0.145. The predicted molar refractivity (Wildman–Crippen MR) is 80.3 cm³/mol. The number of benzene rings is 1. The van der Waals surface area contributed by atoms with Crippen molar-refractivity contribution in [2.45, 2.75) is 26.8 Å². The van der Waals surface area contributed by atoms with Crippen LogP contribution in [-0.4, -0.2) is 43.2 Å². The number of esters is 1. The van der Waals surface area contributed by atoms with E-state index in [0.29, 0.717) is 24.8 Å². The topological polar surface area (TPSA) is 38.8 Å². The molecule has 1 aromatic rings. The minimum absolute atomic E-state index is 0.205. The first-order valence-corrected chi connectivity index (χ1v) is 7.18. The third-order valence-corrected chi connectivity index (χ3v) is 3.05. The number of halogens is 1. The van der Waals surface area contributed by atoms with E-state index in [1.54, 1.807) is 19.1 Å². The maximum atomic E-state index is 11.5. The maximum Gasteiger partial charge on any atom is 0.320 e. The van der Waals surface area contributed by atoms with Crippen molar-refractivity contribution in [1.29, 1.82) is 0 Å². The second-order valence-electron chi connectivity index (χ2n) is 4.68. The molecule has 0 saturated carbocycles. The zero-order valence-electron chi connectivity index (χ0n) is 12.3. The molecule has 0 aromatic heterocycles. The van der Waals surface area contributed by atoms with Crippen molar-refractivity contribution in [3.8, 4) is 5.75 Å². The van der Waals surface area contributed by atoms with E-state index in [0.717, 1.165) is 5.75 Å². The van der Waals surface area contributed by atoms with E-state index in [-0.39, 0.29) is 18.6 Å². The van der Waals surface area contributed by atoms with Gasteiger partial charge in [0.15, 0.2) is 0 Å². The van der Waals surface area contributed by atoms with Crippen molar-refractivity contribution in [2.24, 2.45) is 0 Å². The molecule has 4 nitrogen and oxygen atoms in total. The van der Waals surface area contributed by atoms with Crippen molar-refractivity contribution in [2.75, 3.05) is 26.3 Å². The molecule has 0 saturated heterocycles. The molecule has 0 aliphatic rings. The predicted octanol–water partition coefficient (Wildman–Crippen LogP) is 2.99. The highest BCUT2D eigenvalue weighted by atomic mass is 35.5. The van der Waals surface area contributed by atoms with E-state index >= 15 is 0 Å². The van der Waals surface area contributed by atoms with Crippen LogP contribution in [0.15, 0.2) is 24.3 Å². The highest BCUT2D eigenvalue weighted by Crippen LogP contribution is 2.17. The van der Waals surface area contributed by atoms with E-state index in [9.17, 15) is 4.79 Å². The Morgan fingerprint density at radius 3 is 2.75 bits per heavy atom. The Morgan fingerprint density at radius 2 is 2.15 bits per heavy atom. The van der Waals surface area contributed by atoms with Crippen molar-refractivity contribution in [3.63, 3.8) is 0 Å². The number of nitrogens with zero attached hydrogens (tertiary/aromatic N) is 1. The van der Waals surface area contributed by atoms with E-state index in [1.807, 2.05) is 30.9 Å². The third-order valence-electron chi connectivity index (χ3n) is 2.81. The summed E-state index contributed by atoms with van der Waals surface area (Å²) in [6.45, 7) is 7.73. The molecule has 0 spiro atoms. The molecule has 0 heterocycles. The van der Waals surface area contributed by atoms with Gasteiger partial charge in [-0.3, -0.25) is 9.69 Å². The Hall–Kier alpha value is -1.26. The van der Waals surface area contributed by atoms with Crippen LogP contribution in [0.4, 0.5) is 0 Å². The quantitative estimate of drug-likeness (QED) is 0.692. The van der Waals surface area contributed by atoms with Crippen molar-refractivity contribution in [3.05, 3.63) is 29.3 Å². The fourth-order valence-electron chi connectivity index (χ4n) is 1.73. The van der Waals surface area contributed by atoms with Crippen LogP contribution in [0.2, 0.25) is 5.02 Å². The zero-order chi connectivity index (χ0) is 15.0. The summed E-state index contributed by atoms with van der Waals surface area (Å²) in [4.78, 5) is 13.5. The van der Waals surface area contributed by atoms with Gasteiger partial charge in [-0.05, 0) is 39.0 Å². The van der Waals surface area contributed by atoms with E-state index in [1.165, 1.54) is 0 Å². The fourth-order valence-corrected chi connectivity index (χ4v) is 1.91. The molecule has 112 valence electrons. The van der Waals surface area contributed by atoms with Crippen LogP contribution >= 0.6 is 11.6 Å². The minimum Gasteiger partial charge on any atom is -0.492 e. The zero-order valence-corrected chi connectivity index (χ0v) is 13.0. The average Bonchev–Trinajstić information content (AvgIpc) is 2.37. The molecule has 0 N–H and O–H groups in total.